The molecule has 2 amide bonds. The maximum absolute atomic E-state index is 11.5. The van der Waals surface area contributed by atoms with Crippen LogP contribution in [0.1, 0.15) is 21.0 Å². The van der Waals surface area contributed by atoms with Gasteiger partial charge in [-0.25, -0.2) is 10.8 Å². The highest BCUT2D eigenvalue weighted by molar-refractivity contribution is 5.95. The lowest BCUT2D eigenvalue weighted by atomic mass is 10.2. The molecule has 6 heteroatoms. The number of amides is 2. The van der Waals surface area contributed by atoms with E-state index in [2.05, 4.69) is 4.98 Å². The maximum Gasteiger partial charge on any atom is 0.283 e. The van der Waals surface area contributed by atoms with Crippen LogP contribution in [-0.4, -0.2) is 35.8 Å². The Morgan fingerprint density at radius 3 is 2.47 bits per heavy atom. The highest BCUT2D eigenvalue weighted by Gasteiger charge is 2.12. The standard InChI is InChI=1S/C9H12N4O2/c1-13(2)9(15)7-5-3-4-6(11-7)8(14)12-10/h3-5H,10H2,1-2H3,(H,12,14). The number of nitrogens with one attached hydrogen (secondary N) is 1. The van der Waals surface area contributed by atoms with Crippen LogP contribution >= 0.6 is 0 Å². The summed E-state index contributed by atoms with van der Waals surface area (Å²) in [6, 6.07) is 4.60. The third kappa shape index (κ3) is 2.50. The summed E-state index contributed by atoms with van der Waals surface area (Å²) >= 11 is 0. The molecule has 0 aliphatic heterocycles. The van der Waals surface area contributed by atoms with Crippen molar-refractivity contribution in [1.82, 2.24) is 15.3 Å². The Morgan fingerprint density at radius 1 is 1.33 bits per heavy atom. The van der Waals surface area contributed by atoms with Crippen molar-refractivity contribution in [3.05, 3.63) is 29.6 Å². The average Bonchev–Trinajstić information content (AvgIpc) is 2.27. The van der Waals surface area contributed by atoms with E-state index in [0.29, 0.717) is 0 Å². The highest BCUT2D eigenvalue weighted by Crippen LogP contribution is 2.01. The molecule has 0 aliphatic carbocycles. The van der Waals surface area contributed by atoms with Gasteiger partial charge in [0.1, 0.15) is 11.4 Å². The Hall–Kier alpha value is -1.95. The molecule has 0 atom stereocenters. The molecule has 0 fully saturated rings. The first-order chi connectivity index (χ1) is 7.06. The molecule has 1 heterocycles. The zero-order chi connectivity index (χ0) is 11.4. The van der Waals surface area contributed by atoms with E-state index in [-0.39, 0.29) is 17.3 Å². The van der Waals surface area contributed by atoms with Crippen LogP contribution in [0.3, 0.4) is 0 Å². The van der Waals surface area contributed by atoms with Crippen LogP contribution in [0.4, 0.5) is 0 Å². The fourth-order valence-electron chi connectivity index (χ4n) is 0.983. The van der Waals surface area contributed by atoms with Crippen LogP contribution in [0.15, 0.2) is 18.2 Å². The van der Waals surface area contributed by atoms with E-state index < -0.39 is 5.91 Å². The molecule has 1 aromatic heterocycles. The number of aromatic nitrogens is 1. The van der Waals surface area contributed by atoms with E-state index in [1.54, 1.807) is 20.2 Å². The van der Waals surface area contributed by atoms with Gasteiger partial charge in [-0.1, -0.05) is 6.07 Å². The first-order valence-electron chi connectivity index (χ1n) is 4.26. The number of rotatable bonds is 2. The van der Waals surface area contributed by atoms with E-state index in [1.165, 1.54) is 17.0 Å². The number of pyridine rings is 1. The topological polar surface area (TPSA) is 88.3 Å². The summed E-state index contributed by atoms with van der Waals surface area (Å²) < 4.78 is 0. The van der Waals surface area contributed by atoms with Gasteiger partial charge in [0.2, 0.25) is 0 Å². The van der Waals surface area contributed by atoms with E-state index in [0.717, 1.165) is 0 Å². The van der Waals surface area contributed by atoms with Crippen molar-refractivity contribution in [2.45, 2.75) is 0 Å². The van der Waals surface area contributed by atoms with Crippen LogP contribution in [0.25, 0.3) is 0 Å². The third-order valence-electron chi connectivity index (χ3n) is 1.74. The first kappa shape index (κ1) is 11.1. The van der Waals surface area contributed by atoms with Crippen molar-refractivity contribution in [3.63, 3.8) is 0 Å². The number of carbonyl (C=O) groups excluding carboxylic acids is 2. The summed E-state index contributed by atoms with van der Waals surface area (Å²) in [5.41, 5.74) is 2.28. The van der Waals surface area contributed by atoms with Gasteiger partial charge in [-0.3, -0.25) is 15.0 Å². The number of hydrazine groups is 1. The summed E-state index contributed by atoms with van der Waals surface area (Å²) in [7, 11) is 3.22. The highest BCUT2D eigenvalue weighted by atomic mass is 16.2. The minimum absolute atomic E-state index is 0.116. The predicted octanol–water partition coefficient (Wildman–Crippen LogP) is -0.613. The summed E-state index contributed by atoms with van der Waals surface area (Å²) in [6.07, 6.45) is 0. The summed E-state index contributed by atoms with van der Waals surface area (Å²) in [5, 5.41) is 0. The Labute approximate surface area is 87.1 Å². The number of nitrogen functional groups attached to an aromatic ring is 1. The molecule has 0 saturated carbocycles. The zero-order valence-corrected chi connectivity index (χ0v) is 8.52. The molecular weight excluding hydrogens is 196 g/mol. The fourth-order valence-corrected chi connectivity index (χ4v) is 0.983. The second kappa shape index (κ2) is 4.52. The molecule has 6 nitrogen and oxygen atoms in total. The molecule has 80 valence electrons. The van der Waals surface area contributed by atoms with Crippen LogP contribution < -0.4 is 11.3 Å². The quantitative estimate of drug-likeness (QED) is 0.385. The Balaban J connectivity index is 3.02. The lowest BCUT2D eigenvalue weighted by molar-refractivity contribution is 0.0821. The van der Waals surface area contributed by atoms with Crippen LogP contribution in [0.2, 0.25) is 0 Å². The van der Waals surface area contributed by atoms with Crippen molar-refractivity contribution in [3.8, 4) is 0 Å². The normalized spacial score (nSPS) is 9.53. The first-order valence-corrected chi connectivity index (χ1v) is 4.26. The summed E-state index contributed by atoms with van der Waals surface area (Å²) in [5.74, 6) is 4.17. The molecule has 1 rings (SSSR count). The van der Waals surface area contributed by atoms with Gasteiger partial charge < -0.3 is 4.90 Å². The Morgan fingerprint density at radius 2 is 1.93 bits per heavy atom. The number of hydrogen-bond acceptors (Lipinski definition) is 4. The van der Waals surface area contributed by atoms with E-state index in [4.69, 9.17) is 5.84 Å². The third-order valence-corrected chi connectivity index (χ3v) is 1.74. The van der Waals surface area contributed by atoms with Gasteiger partial charge in [0.25, 0.3) is 11.8 Å². The lowest BCUT2D eigenvalue weighted by Crippen LogP contribution is -2.31. The minimum Gasteiger partial charge on any atom is -0.343 e. The number of hydrogen-bond donors (Lipinski definition) is 2. The number of nitrogens with zero attached hydrogens (tertiary/aromatic N) is 2. The smallest absolute Gasteiger partial charge is 0.283 e. The van der Waals surface area contributed by atoms with Crippen molar-refractivity contribution in [1.29, 1.82) is 0 Å². The second-order valence-electron chi connectivity index (χ2n) is 3.08. The van der Waals surface area contributed by atoms with E-state index in [1.807, 2.05) is 5.43 Å². The molecule has 0 bridgehead atoms. The maximum atomic E-state index is 11.5. The average molecular weight is 208 g/mol. The predicted molar refractivity (Wildman–Crippen MR) is 53.9 cm³/mol. The molecule has 0 aromatic carbocycles. The number of nitrogens with two attached hydrogens (primary N) is 1. The van der Waals surface area contributed by atoms with Gasteiger partial charge in [-0.2, -0.15) is 0 Å². The molecule has 0 aliphatic rings. The SMILES string of the molecule is CN(C)C(=O)c1cccc(C(=O)NN)n1. The molecule has 1 aromatic rings. The van der Waals surface area contributed by atoms with Crippen molar-refractivity contribution in [2.75, 3.05) is 14.1 Å². The van der Waals surface area contributed by atoms with Crippen molar-refractivity contribution >= 4 is 11.8 Å². The van der Waals surface area contributed by atoms with Crippen molar-refractivity contribution < 1.29 is 9.59 Å². The molecule has 0 unspecified atom stereocenters. The lowest BCUT2D eigenvalue weighted by Gasteiger charge is -2.09. The van der Waals surface area contributed by atoms with Crippen LogP contribution in [0.5, 0.6) is 0 Å². The van der Waals surface area contributed by atoms with Gasteiger partial charge in [-0.05, 0) is 12.1 Å². The summed E-state index contributed by atoms with van der Waals surface area (Å²) in [4.78, 5) is 27.9. The zero-order valence-electron chi connectivity index (χ0n) is 8.52. The van der Waals surface area contributed by atoms with E-state index >= 15 is 0 Å². The Kier molecular flexibility index (Phi) is 3.35. The van der Waals surface area contributed by atoms with Crippen LogP contribution in [-0.2, 0) is 0 Å². The number of carbonyl (C=O) groups is 2. The largest absolute Gasteiger partial charge is 0.343 e. The summed E-state index contributed by atoms with van der Waals surface area (Å²) in [6.45, 7) is 0. The Bertz CT molecular complexity index is 389. The monoisotopic (exact) mass is 208 g/mol. The minimum atomic E-state index is -0.525. The molecular formula is C9H12N4O2. The van der Waals surface area contributed by atoms with Gasteiger partial charge in [0, 0.05) is 14.1 Å². The van der Waals surface area contributed by atoms with Gasteiger partial charge in [0.05, 0.1) is 0 Å². The second-order valence-corrected chi connectivity index (χ2v) is 3.08. The van der Waals surface area contributed by atoms with Crippen molar-refractivity contribution in [2.24, 2.45) is 5.84 Å². The van der Waals surface area contributed by atoms with Gasteiger partial charge >= 0.3 is 0 Å². The van der Waals surface area contributed by atoms with Gasteiger partial charge in [-0.15, -0.1) is 0 Å². The molecule has 3 N–H and O–H groups in total. The molecule has 15 heavy (non-hydrogen) atoms. The van der Waals surface area contributed by atoms with Crippen LogP contribution in [0, 0.1) is 0 Å². The fraction of sp³-hybridized carbons (Fsp3) is 0.222. The molecule has 0 saturated heterocycles. The molecule has 0 radical (unpaired) electrons. The van der Waals surface area contributed by atoms with E-state index in [9.17, 15) is 9.59 Å². The molecule has 0 spiro atoms. The van der Waals surface area contributed by atoms with Gasteiger partial charge in [0.15, 0.2) is 0 Å².